The van der Waals surface area contributed by atoms with Crippen LogP contribution < -0.4 is 9.47 Å². The van der Waals surface area contributed by atoms with Gasteiger partial charge in [-0.05, 0) is 29.8 Å². The Labute approximate surface area is 204 Å². The van der Waals surface area contributed by atoms with Gasteiger partial charge in [0.05, 0.1) is 31.5 Å². The molecule has 2 fully saturated rings. The second kappa shape index (κ2) is 9.66. The zero-order valence-corrected chi connectivity index (χ0v) is 19.6. The molecular formula is C27H27N3O5. The van der Waals surface area contributed by atoms with Crippen LogP contribution in [0.15, 0.2) is 72.9 Å². The van der Waals surface area contributed by atoms with Crippen molar-refractivity contribution in [1.29, 1.82) is 0 Å². The van der Waals surface area contributed by atoms with E-state index in [0.717, 1.165) is 11.3 Å². The predicted octanol–water partition coefficient (Wildman–Crippen LogP) is 3.91. The van der Waals surface area contributed by atoms with Crippen LogP contribution in [0.25, 0.3) is 0 Å². The van der Waals surface area contributed by atoms with Crippen molar-refractivity contribution in [3.05, 3.63) is 89.7 Å². The standard InChI is InChI=1S/C27H27N3O5/c1-33-23-12-7-11-22(24(23)34-17-21-10-5-6-14-28-21)25(31)29-15-13-27(18-29)19-30(26(32)35-27)16-20-8-3-2-4-9-20/h2-12,14H,13,15-19H2,1H3/t27-/m0/s1. The van der Waals surface area contributed by atoms with Gasteiger partial charge in [-0.1, -0.05) is 42.5 Å². The summed E-state index contributed by atoms with van der Waals surface area (Å²) in [5, 5.41) is 0. The number of aromatic nitrogens is 1. The van der Waals surface area contributed by atoms with Gasteiger partial charge in [0.1, 0.15) is 6.61 Å². The molecule has 3 aromatic rings. The van der Waals surface area contributed by atoms with E-state index >= 15 is 0 Å². The molecular weight excluding hydrogens is 446 g/mol. The van der Waals surface area contributed by atoms with Crippen LogP contribution in [-0.4, -0.2) is 59.1 Å². The molecule has 2 aliphatic rings. The van der Waals surface area contributed by atoms with Crippen LogP contribution in [0.2, 0.25) is 0 Å². The lowest BCUT2D eigenvalue weighted by molar-refractivity contribution is 0.0550. The minimum atomic E-state index is -0.699. The minimum absolute atomic E-state index is 0.186. The monoisotopic (exact) mass is 473 g/mol. The van der Waals surface area contributed by atoms with Crippen molar-refractivity contribution < 1.29 is 23.8 Å². The Kier molecular flexibility index (Phi) is 6.27. The van der Waals surface area contributed by atoms with Crippen molar-refractivity contribution in [3.8, 4) is 11.5 Å². The minimum Gasteiger partial charge on any atom is -0.493 e. The predicted molar refractivity (Wildman–Crippen MR) is 128 cm³/mol. The number of rotatable bonds is 7. The van der Waals surface area contributed by atoms with Gasteiger partial charge in [0.25, 0.3) is 5.91 Å². The van der Waals surface area contributed by atoms with Crippen LogP contribution in [0.3, 0.4) is 0 Å². The van der Waals surface area contributed by atoms with E-state index in [2.05, 4.69) is 4.98 Å². The number of carbonyl (C=O) groups is 2. The van der Waals surface area contributed by atoms with Crippen LogP contribution in [0.1, 0.15) is 28.0 Å². The third kappa shape index (κ3) is 4.77. The molecule has 1 atom stereocenters. The number of benzene rings is 2. The summed E-state index contributed by atoms with van der Waals surface area (Å²) in [6.07, 6.45) is 1.94. The molecule has 0 unspecified atom stereocenters. The number of pyridine rings is 1. The SMILES string of the molecule is COc1cccc(C(=O)N2CC[C@@]3(CN(Cc4ccccc4)C(=O)O3)C2)c1OCc1ccccn1. The molecule has 0 N–H and O–H groups in total. The summed E-state index contributed by atoms with van der Waals surface area (Å²) < 4.78 is 17.3. The highest BCUT2D eigenvalue weighted by molar-refractivity contribution is 5.98. The van der Waals surface area contributed by atoms with E-state index < -0.39 is 5.60 Å². The number of amides is 2. The molecule has 0 saturated carbocycles. The number of nitrogens with zero attached hydrogens (tertiary/aromatic N) is 3. The van der Waals surface area contributed by atoms with Gasteiger partial charge in [0.15, 0.2) is 17.1 Å². The lowest BCUT2D eigenvalue weighted by atomic mass is 10.0. The van der Waals surface area contributed by atoms with Crippen LogP contribution >= 0.6 is 0 Å². The largest absolute Gasteiger partial charge is 0.493 e. The average Bonchev–Trinajstić information content (AvgIpc) is 3.44. The Morgan fingerprint density at radius 2 is 1.89 bits per heavy atom. The molecule has 2 aromatic carbocycles. The Hall–Kier alpha value is -4.07. The normalized spacial score (nSPS) is 19.2. The number of hydrogen-bond donors (Lipinski definition) is 0. The van der Waals surface area contributed by atoms with E-state index in [1.807, 2.05) is 48.5 Å². The van der Waals surface area contributed by atoms with Gasteiger partial charge in [-0.2, -0.15) is 0 Å². The molecule has 2 saturated heterocycles. The molecule has 0 aliphatic carbocycles. The molecule has 0 radical (unpaired) electrons. The summed E-state index contributed by atoms with van der Waals surface area (Å²) in [5.41, 5.74) is 1.49. The number of methoxy groups -OCH3 is 1. The highest BCUT2D eigenvalue weighted by Gasteiger charge is 2.50. The summed E-state index contributed by atoms with van der Waals surface area (Å²) in [6.45, 7) is 1.96. The second-order valence-electron chi connectivity index (χ2n) is 8.82. The number of likely N-dealkylation sites (tertiary alicyclic amines) is 1. The summed E-state index contributed by atoms with van der Waals surface area (Å²) >= 11 is 0. The second-order valence-corrected chi connectivity index (χ2v) is 8.82. The molecule has 2 amide bonds. The van der Waals surface area contributed by atoms with Crippen LogP contribution in [-0.2, 0) is 17.9 Å². The topological polar surface area (TPSA) is 81.2 Å². The highest BCUT2D eigenvalue weighted by Crippen LogP contribution is 2.37. The molecule has 0 bridgehead atoms. The van der Waals surface area contributed by atoms with Gasteiger partial charge in [-0.3, -0.25) is 14.7 Å². The molecule has 8 nitrogen and oxygen atoms in total. The van der Waals surface area contributed by atoms with Gasteiger partial charge >= 0.3 is 6.09 Å². The maximum atomic E-state index is 13.6. The third-order valence-corrected chi connectivity index (χ3v) is 6.38. The summed E-state index contributed by atoms with van der Waals surface area (Å²) in [7, 11) is 1.54. The van der Waals surface area contributed by atoms with Crippen molar-refractivity contribution in [2.24, 2.45) is 0 Å². The first kappa shape index (κ1) is 22.7. The first-order valence-corrected chi connectivity index (χ1v) is 11.6. The van der Waals surface area contributed by atoms with Gasteiger partial charge < -0.3 is 19.1 Å². The van der Waals surface area contributed by atoms with Crippen molar-refractivity contribution >= 4 is 12.0 Å². The summed E-state index contributed by atoms with van der Waals surface area (Å²) in [5.74, 6) is 0.664. The Bertz CT molecular complexity index is 1200. The zero-order valence-electron chi connectivity index (χ0n) is 19.6. The van der Waals surface area contributed by atoms with Gasteiger partial charge in [0.2, 0.25) is 0 Å². The quantitative estimate of drug-likeness (QED) is 0.518. The van der Waals surface area contributed by atoms with Crippen LogP contribution in [0, 0.1) is 0 Å². The van der Waals surface area contributed by atoms with Gasteiger partial charge in [-0.25, -0.2) is 4.79 Å². The fourth-order valence-electron chi connectivity index (χ4n) is 4.64. The smallest absolute Gasteiger partial charge is 0.410 e. The summed E-state index contributed by atoms with van der Waals surface area (Å²) in [6, 6.07) is 20.6. The van der Waals surface area contributed by atoms with Crippen LogP contribution in [0.4, 0.5) is 4.79 Å². The van der Waals surface area contributed by atoms with E-state index in [-0.39, 0.29) is 18.6 Å². The number of carbonyl (C=O) groups excluding carboxylic acids is 2. The van der Waals surface area contributed by atoms with E-state index in [0.29, 0.717) is 49.7 Å². The molecule has 8 heteroatoms. The van der Waals surface area contributed by atoms with E-state index in [4.69, 9.17) is 14.2 Å². The molecule has 5 rings (SSSR count). The number of ether oxygens (including phenoxy) is 3. The lowest BCUT2D eigenvalue weighted by Crippen LogP contribution is -2.39. The zero-order chi connectivity index (χ0) is 24.3. The maximum absolute atomic E-state index is 13.6. The molecule has 35 heavy (non-hydrogen) atoms. The van der Waals surface area contributed by atoms with E-state index in [1.54, 1.807) is 41.3 Å². The van der Waals surface area contributed by atoms with Crippen molar-refractivity contribution in [2.45, 2.75) is 25.2 Å². The fourth-order valence-corrected chi connectivity index (χ4v) is 4.64. The average molecular weight is 474 g/mol. The maximum Gasteiger partial charge on any atom is 0.410 e. The lowest BCUT2D eigenvalue weighted by Gasteiger charge is -2.23. The van der Waals surface area contributed by atoms with Gasteiger partial charge in [-0.15, -0.1) is 0 Å². The van der Waals surface area contributed by atoms with Crippen molar-refractivity contribution in [2.75, 3.05) is 26.7 Å². The highest BCUT2D eigenvalue weighted by atomic mass is 16.6. The molecule has 180 valence electrons. The Balaban J connectivity index is 1.30. The molecule has 2 aliphatic heterocycles. The molecule has 1 spiro atoms. The van der Waals surface area contributed by atoms with Crippen LogP contribution in [0.5, 0.6) is 11.5 Å². The fraction of sp³-hybridized carbons (Fsp3) is 0.296. The molecule has 3 heterocycles. The van der Waals surface area contributed by atoms with Crippen molar-refractivity contribution in [1.82, 2.24) is 14.8 Å². The first-order chi connectivity index (χ1) is 17.1. The first-order valence-electron chi connectivity index (χ1n) is 11.6. The summed E-state index contributed by atoms with van der Waals surface area (Å²) in [4.78, 5) is 33.9. The number of hydrogen-bond acceptors (Lipinski definition) is 6. The number of para-hydroxylation sites is 1. The van der Waals surface area contributed by atoms with Crippen molar-refractivity contribution in [3.63, 3.8) is 0 Å². The van der Waals surface area contributed by atoms with E-state index in [1.165, 1.54) is 0 Å². The van der Waals surface area contributed by atoms with Gasteiger partial charge in [0, 0.05) is 25.7 Å². The third-order valence-electron chi connectivity index (χ3n) is 6.38. The molecule has 1 aromatic heterocycles. The van der Waals surface area contributed by atoms with E-state index in [9.17, 15) is 9.59 Å². The Morgan fingerprint density at radius 1 is 1.06 bits per heavy atom. The Morgan fingerprint density at radius 3 is 2.66 bits per heavy atom.